The van der Waals surface area contributed by atoms with E-state index in [0.29, 0.717) is 11.6 Å². The van der Waals surface area contributed by atoms with Crippen LogP contribution >= 0.6 is 12.2 Å². The average Bonchev–Trinajstić information content (AvgIpc) is 2.25. The van der Waals surface area contributed by atoms with Crippen molar-refractivity contribution in [1.82, 2.24) is 0 Å². The summed E-state index contributed by atoms with van der Waals surface area (Å²) in [6.45, 7) is 0.803. The van der Waals surface area contributed by atoms with E-state index in [-0.39, 0.29) is 6.61 Å². The molecule has 3 nitrogen and oxygen atoms in total. The Kier molecular flexibility index (Phi) is 5.07. The van der Waals surface area contributed by atoms with E-state index >= 15 is 0 Å². The highest BCUT2D eigenvalue weighted by molar-refractivity contribution is 7.80. The van der Waals surface area contributed by atoms with Crippen LogP contribution in [-0.4, -0.2) is 23.3 Å². The van der Waals surface area contributed by atoms with E-state index < -0.39 is 0 Å². The fraction of sp³-hybridized carbons (Fsp3) is 0.364. The quantitative estimate of drug-likeness (QED) is 0.568. The molecule has 0 fully saturated rings. The SMILES string of the molecule is NC(=S)c1cccc(OCCCCO)c1. The lowest BCUT2D eigenvalue weighted by Crippen LogP contribution is -2.09. The minimum atomic E-state index is 0.205. The van der Waals surface area contributed by atoms with Crippen LogP contribution in [0.5, 0.6) is 5.75 Å². The third kappa shape index (κ3) is 4.27. The van der Waals surface area contributed by atoms with Gasteiger partial charge in [0.15, 0.2) is 0 Å². The molecule has 1 rings (SSSR count). The molecule has 0 aromatic heterocycles. The van der Waals surface area contributed by atoms with Gasteiger partial charge in [0, 0.05) is 12.2 Å². The number of aliphatic hydroxyl groups excluding tert-OH is 1. The topological polar surface area (TPSA) is 55.5 Å². The molecule has 3 N–H and O–H groups in total. The lowest BCUT2D eigenvalue weighted by atomic mass is 10.2. The zero-order valence-electron chi connectivity index (χ0n) is 8.48. The molecule has 1 aromatic rings. The Morgan fingerprint density at radius 1 is 1.40 bits per heavy atom. The van der Waals surface area contributed by atoms with Gasteiger partial charge in [0.05, 0.1) is 6.61 Å². The van der Waals surface area contributed by atoms with Crippen LogP contribution in [0.1, 0.15) is 18.4 Å². The highest BCUT2D eigenvalue weighted by atomic mass is 32.1. The molecular weight excluding hydrogens is 210 g/mol. The first-order chi connectivity index (χ1) is 7.24. The minimum Gasteiger partial charge on any atom is -0.494 e. The summed E-state index contributed by atoms with van der Waals surface area (Å²) >= 11 is 4.86. The number of nitrogens with two attached hydrogens (primary N) is 1. The van der Waals surface area contributed by atoms with E-state index in [9.17, 15) is 0 Å². The monoisotopic (exact) mass is 225 g/mol. The van der Waals surface area contributed by atoms with Gasteiger partial charge >= 0.3 is 0 Å². The van der Waals surface area contributed by atoms with Crippen molar-refractivity contribution in [3.63, 3.8) is 0 Å². The maximum absolute atomic E-state index is 8.59. The van der Waals surface area contributed by atoms with Crippen LogP contribution in [0.3, 0.4) is 0 Å². The molecule has 1 aromatic carbocycles. The van der Waals surface area contributed by atoms with Gasteiger partial charge in [0.2, 0.25) is 0 Å². The molecule has 0 aliphatic carbocycles. The van der Waals surface area contributed by atoms with Gasteiger partial charge in [-0.1, -0.05) is 24.4 Å². The summed E-state index contributed by atoms with van der Waals surface area (Å²) < 4.78 is 5.47. The average molecular weight is 225 g/mol. The van der Waals surface area contributed by atoms with Gasteiger partial charge in [-0.2, -0.15) is 0 Å². The van der Waals surface area contributed by atoms with Crippen molar-refractivity contribution in [3.8, 4) is 5.75 Å². The molecule has 0 unspecified atom stereocenters. The highest BCUT2D eigenvalue weighted by Crippen LogP contribution is 2.13. The molecule has 0 radical (unpaired) electrons. The van der Waals surface area contributed by atoms with E-state index in [1.54, 1.807) is 0 Å². The van der Waals surface area contributed by atoms with Crippen molar-refractivity contribution >= 4 is 17.2 Å². The van der Waals surface area contributed by atoms with Gasteiger partial charge < -0.3 is 15.6 Å². The highest BCUT2D eigenvalue weighted by Gasteiger charge is 1.98. The number of thiocarbonyl (C=S) groups is 1. The van der Waals surface area contributed by atoms with Crippen LogP contribution in [0, 0.1) is 0 Å². The molecule has 4 heteroatoms. The predicted octanol–water partition coefficient (Wildman–Crippen LogP) is 1.47. The first-order valence-electron chi connectivity index (χ1n) is 4.87. The van der Waals surface area contributed by atoms with Crippen molar-refractivity contribution < 1.29 is 9.84 Å². The van der Waals surface area contributed by atoms with Crippen LogP contribution in [0.15, 0.2) is 24.3 Å². The molecule has 15 heavy (non-hydrogen) atoms. The second-order valence-corrected chi connectivity index (χ2v) is 3.61. The number of ether oxygens (including phenoxy) is 1. The minimum absolute atomic E-state index is 0.205. The third-order valence-electron chi connectivity index (χ3n) is 1.94. The molecule has 0 saturated heterocycles. The zero-order chi connectivity index (χ0) is 11.1. The molecule has 0 aliphatic rings. The summed E-state index contributed by atoms with van der Waals surface area (Å²) in [6.07, 6.45) is 1.60. The number of rotatable bonds is 6. The first kappa shape index (κ1) is 11.9. The molecule has 82 valence electrons. The second-order valence-electron chi connectivity index (χ2n) is 3.17. The lowest BCUT2D eigenvalue weighted by molar-refractivity contribution is 0.253. The predicted molar refractivity (Wildman–Crippen MR) is 64.1 cm³/mol. The number of benzene rings is 1. The van der Waals surface area contributed by atoms with E-state index in [2.05, 4.69) is 0 Å². The van der Waals surface area contributed by atoms with E-state index in [1.165, 1.54) is 0 Å². The summed E-state index contributed by atoms with van der Waals surface area (Å²) in [7, 11) is 0. The Morgan fingerprint density at radius 2 is 2.20 bits per heavy atom. The van der Waals surface area contributed by atoms with Gasteiger partial charge in [-0.25, -0.2) is 0 Å². The Hall–Kier alpha value is -1.13. The Morgan fingerprint density at radius 3 is 2.87 bits per heavy atom. The summed E-state index contributed by atoms with van der Waals surface area (Å²) in [4.78, 5) is 0.371. The van der Waals surface area contributed by atoms with Crippen LogP contribution in [0.25, 0.3) is 0 Å². The van der Waals surface area contributed by atoms with E-state index in [1.807, 2.05) is 24.3 Å². The molecule has 0 heterocycles. The van der Waals surface area contributed by atoms with Crippen molar-refractivity contribution in [2.24, 2.45) is 5.73 Å². The molecule has 0 spiro atoms. The maximum atomic E-state index is 8.59. The van der Waals surface area contributed by atoms with Crippen molar-refractivity contribution in [2.75, 3.05) is 13.2 Å². The second kappa shape index (κ2) is 6.37. The largest absolute Gasteiger partial charge is 0.494 e. The normalized spacial score (nSPS) is 9.93. The van der Waals surface area contributed by atoms with Crippen molar-refractivity contribution in [2.45, 2.75) is 12.8 Å². The fourth-order valence-corrected chi connectivity index (χ4v) is 1.27. The van der Waals surface area contributed by atoms with Crippen LogP contribution in [-0.2, 0) is 0 Å². The Balaban J connectivity index is 2.47. The Bertz CT molecular complexity index is 328. The van der Waals surface area contributed by atoms with Gasteiger partial charge in [-0.05, 0) is 25.0 Å². The number of hydrogen-bond acceptors (Lipinski definition) is 3. The van der Waals surface area contributed by atoms with E-state index in [4.69, 9.17) is 27.8 Å². The van der Waals surface area contributed by atoms with Crippen LogP contribution in [0.2, 0.25) is 0 Å². The van der Waals surface area contributed by atoms with Gasteiger partial charge in [0.1, 0.15) is 10.7 Å². The molecular formula is C11H15NO2S. The summed E-state index contributed by atoms with van der Waals surface area (Å²) in [5, 5.41) is 8.59. The number of aliphatic hydroxyl groups is 1. The first-order valence-corrected chi connectivity index (χ1v) is 5.28. The van der Waals surface area contributed by atoms with Crippen molar-refractivity contribution in [3.05, 3.63) is 29.8 Å². The number of hydrogen-bond donors (Lipinski definition) is 2. The Labute approximate surface area is 94.9 Å². The van der Waals surface area contributed by atoms with Gasteiger partial charge in [-0.15, -0.1) is 0 Å². The number of unbranched alkanes of at least 4 members (excludes halogenated alkanes) is 1. The maximum Gasteiger partial charge on any atom is 0.119 e. The molecule has 0 atom stereocenters. The van der Waals surface area contributed by atoms with Crippen LogP contribution in [0.4, 0.5) is 0 Å². The molecule has 0 bridgehead atoms. The van der Waals surface area contributed by atoms with Gasteiger partial charge in [0.25, 0.3) is 0 Å². The van der Waals surface area contributed by atoms with E-state index in [0.717, 1.165) is 24.2 Å². The molecule has 0 amide bonds. The van der Waals surface area contributed by atoms with Gasteiger partial charge in [-0.3, -0.25) is 0 Å². The summed E-state index contributed by atoms with van der Waals surface area (Å²) in [6, 6.07) is 7.39. The molecule has 0 aliphatic heterocycles. The molecule has 0 saturated carbocycles. The fourth-order valence-electron chi connectivity index (χ4n) is 1.14. The van der Waals surface area contributed by atoms with Crippen molar-refractivity contribution in [1.29, 1.82) is 0 Å². The van der Waals surface area contributed by atoms with Crippen LogP contribution < -0.4 is 10.5 Å². The standard InChI is InChI=1S/C11H15NO2S/c12-11(15)9-4-3-5-10(8-9)14-7-2-1-6-13/h3-5,8,13H,1-2,6-7H2,(H2,12,15). The smallest absolute Gasteiger partial charge is 0.119 e. The summed E-state index contributed by atoms with van der Waals surface area (Å²) in [5.41, 5.74) is 6.31. The summed E-state index contributed by atoms with van der Waals surface area (Å²) in [5.74, 6) is 0.762. The third-order valence-corrected chi connectivity index (χ3v) is 2.18. The zero-order valence-corrected chi connectivity index (χ0v) is 9.30. The lowest BCUT2D eigenvalue weighted by Gasteiger charge is -2.06.